The summed E-state index contributed by atoms with van der Waals surface area (Å²) in [7, 11) is 0. The molecule has 0 aliphatic carbocycles. The summed E-state index contributed by atoms with van der Waals surface area (Å²) in [6.45, 7) is 0. The second-order valence-electron chi connectivity index (χ2n) is 6.94. The summed E-state index contributed by atoms with van der Waals surface area (Å²) >= 11 is 0. The van der Waals surface area contributed by atoms with Gasteiger partial charge in [-0.2, -0.15) is 0 Å². The molecule has 1 amide bonds. The molecule has 1 aromatic heterocycles. The van der Waals surface area contributed by atoms with Gasteiger partial charge in [0.1, 0.15) is 0 Å². The molecule has 0 unspecified atom stereocenters. The predicted octanol–water partition coefficient (Wildman–Crippen LogP) is 6.31. The monoisotopic (exact) mass is 374 g/mol. The zero-order valence-electron chi connectivity index (χ0n) is 15.7. The Labute approximate surface area is 168 Å². The minimum Gasteiger partial charge on any atom is -0.321 e. The molecule has 1 heterocycles. The maximum absolute atomic E-state index is 13.1. The van der Waals surface area contributed by atoms with Crippen molar-refractivity contribution in [2.45, 2.75) is 0 Å². The minimum atomic E-state index is -0.142. The van der Waals surface area contributed by atoms with Gasteiger partial charge in [0, 0.05) is 22.8 Å². The second-order valence-corrected chi connectivity index (χ2v) is 6.94. The van der Waals surface area contributed by atoms with Crippen molar-refractivity contribution in [3.05, 3.63) is 109 Å². The predicted molar refractivity (Wildman–Crippen MR) is 119 cm³/mol. The summed E-state index contributed by atoms with van der Waals surface area (Å²) in [5.41, 5.74) is 4.27. The van der Waals surface area contributed by atoms with Gasteiger partial charge >= 0.3 is 0 Å². The zero-order chi connectivity index (χ0) is 19.6. The lowest BCUT2D eigenvalue weighted by Crippen LogP contribution is -2.13. The summed E-state index contributed by atoms with van der Waals surface area (Å²) in [5, 5.41) is 6.31. The van der Waals surface area contributed by atoms with Crippen molar-refractivity contribution < 1.29 is 4.79 Å². The highest BCUT2D eigenvalue weighted by molar-refractivity contribution is 6.13. The topological polar surface area (TPSA) is 42.0 Å². The van der Waals surface area contributed by atoms with Crippen LogP contribution in [0.25, 0.3) is 32.8 Å². The number of hydrogen-bond acceptors (Lipinski definition) is 2. The molecule has 0 fully saturated rings. The fraction of sp³-hybridized carbons (Fsp3) is 0. The van der Waals surface area contributed by atoms with E-state index in [0.29, 0.717) is 5.56 Å². The molecule has 5 rings (SSSR count). The van der Waals surface area contributed by atoms with Gasteiger partial charge in [0.2, 0.25) is 0 Å². The molecule has 0 aliphatic rings. The van der Waals surface area contributed by atoms with Crippen LogP contribution in [0.3, 0.4) is 0 Å². The van der Waals surface area contributed by atoms with Gasteiger partial charge in [-0.05, 0) is 40.6 Å². The Morgan fingerprint density at radius 3 is 2.41 bits per heavy atom. The molecule has 5 aromatic rings. The third kappa shape index (κ3) is 3.23. The lowest BCUT2D eigenvalue weighted by atomic mass is 9.99. The van der Waals surface area contributed by atoms with Gasteiger partial charge < -0.3 is 5.32 Å². The Hall–Kier alpha value is -3.98. The molecule has 0 saturated carbocycles. The van der Waals surface area contributed by atoms with Crippen LogP contribution >= 0.6 is 0 Å². The van der Waals surface area contributed by atoms with Crippen molar-refractivity contribution >= 4 is 33.3 Å². The summed E-state index contributed by atoms with van der Waals surface area (Å²) in [6, 6.07) is 32.0. The second kappa shape index (κ2) is 7.21. The van der Waals surface area contributed by atoms with E-state index in [1.807, 2.05) is 60.7 Å². The smallest absolute Gasteiger partial charge is 0.256 e. The molecule has 29 heavy (non-hydrogen) atoms. The quantitative estimate of drug-likeness (QED) is 0.402. The molecule has 0 aliphatic heterocycles. The largest absolute Gasteiger partial charge is 0.321 e. The molecule has 1 N–H and O–H groups in total. The van der Waals surface area contributed by atoms with Crippen LogP contribution < -0.4 is 5.32 Å². The van der Waals surface area contributed by atoms with Crippen molar-refractivity contribution in [1.82, 2.24) is 4.98 Å². The Balaban J connectivity index is 1.54. The summed E-state index contributed by atoms with van der Waals surface area (Å²) in [6.07, 6.45) is 1.67. The molecule has 0 radical (unpaired) electrons. The third-order valence-corrected chi connectivity index (χ3v) is 5.13. The van der Waals surface area contributed by atoms with E-state index in [-0.39, 0.29) is 5.91 Å². The Morgan fingerprint density at radius 2 is 1.48 bits per heavy atom. The van der Waals surface area contributed by atoms with Crippen LogP contribution in [-0.2, 0) is 0 Å². The first kappa shape index (κ1) is 17.1. The number of hydrogen-bond donors (Lipinski definition) is 1. The third-order valence-electron chi connectivity index (χ3n) is 5.13. The van der Waals surface area contributed by atoms with E-state index in [1.165, 1.54) is 10.8 Å². The van der Waals surface area contributed by atoms with E-state index in [4.69, 9.17) is 0 Å². The lowest BCUT2D eigenvalue weighted by Gasteiger charge is -2.13. The van der Waals surface area contributed by atoms with Gasteiger partial charge in [0.25, 0.3) is 5.91 Å². The SMILES string of the molecule is O=C(Nc1ccccc1-c1ccc2ccccc2c1)c1ccnc2ccccc12. The van der Waals surface area contributed by atoms with Gasteiger partial charge in [0.15, 0.2) is 0 Å². The number of nitrogens with one attached hydrogen (secondary N) is 1. The maximum atomic E-state index is 13.1. The van der Waals surface area contributed by atoms with Crippen LogP contribution in [-0.4, -0.2) is 10.9 Å². The Bertz CT molecular complexity index is 1350. The number of fused-ring (bicyclic) bond motifs is 2. The van der Waals surface area contributed by atoms with Gasteiger partial charge in [-0.3, -0.25) is 9.78 Å². The molecule has 3 heteroatoms. The van der Waals surface area contributed by atoms with Crippen LogP contribution in [0, 0.1) is 0 Å². The van der Waals surface area contributed by atoms with Crippen molar-refractivity contribution in [3.63, 3.8) is 0 Å². The van der Waals surface area contributed by atoms with Crippen molar-refractivity contribution in [3.8, 4) is 11.1 Å². The molecular formula is C26H18N2O. The highest BCUT2D eigenvalue weighted by atomic mass is 16.1. The van der Waals surface area contributed by atoms with Crippen molar-refractivity contribution in [1.29, 1.82) is 0 Å². The number of anilines is 1. The highest BCUT2D eigenvalue weighted by Gasteiger charge is 2.13. The number of rotatable bonds is 3. The Kier molecular flexibility index (Phi) is 4.26. The lowest BCUT2D eigenvalue weighted by molar-refractivity contribution is 0.102. The van der Waals surface area contributed by atoms with Crippen LogP contribution in [0.4, 0.5) is 5.69 Å². The number of pyridine rings is 1. The van der Waals surface area contributed by atoms with Crippen molar-refractivity contribution in [2.24, 2.45) is 0 Å². The van der Waals surface area contributed by atoms with Gasteiger partial charge in [-0.25, -0.2) is 0 Å². The standard InChI is InChI=1S/C26H18N2O/c29-26(23-15-16-27-24-11-5-4-10-22(23)24)28-25-12-6-3-9-21(25)20-14-13-18-7-1-2-8-19(18)17-20/h1-17H,(H,28,29). The van der Waals surface area contributed by atoms with Gasteiger partial charge in [0.05, 0.1) is 11.1 Å². The molecule has 0 bridgehead atoms. The van der Waals surface area contributed by atoms with E-state index in [0.717, 1.165) is 27.7 Å². The van der Waals surface area contributed by atoms with E-state index in [1.54, 1.807) is 12.3 Å². The summed E-state index contributed by atoms with van der Waals surface area (Å²) in [5.74, 6) is -0.142. The number of benzene rings is 4. The molecule has 138 valence electrons. The first-order valence-corrected chi connectivity index (χ1v) is 9.53. The molecule has 4 aromatic carbocycles. The van der Waals surface area contributed by atoms with Crippen LogP contribution in [0.2, 0.25) is 0 Å². The minimum absolute atomic E-state index is 0.142. The van der Waals surface area contributed by atoms with Crippen molar-refractivity contribution in [2.75, 3.05) is 5.32 Å². The molecule has 0 saturated heterocycles. The first-order valence-electron chi connectivity index (χ1n) is 9.53. The number of para-hydroxylation sites is 2. The fourth-order valence-corrected chi connectivity index (χ4v) is 3.68. The van der Waals surface area contributed by atoms with Crippen LogP contribution in [0.15, 0.2) is 103 Å². The zero-order valence-corrected chi connectivity index (χ0v) is 15.7. The number of carbonyl (C=O) groups excluding carboxylic acids is 1. The van der Waals surface area contributed by atoms with E-state index < -0.39 is 0 Å². The molecule has 3 nitrogen and oxygen atoms in total. The van der Waals surface area contributed by atoms with Crippen LogP contribution in [0.5, 0.6) is 0 Å². The summed E-state index contributed by atoms with van der Waals surface area (Å²) < 4.78 is 0. The maximum Gasteiger partial charge on any atom is 0.256 e. The Morgan fingerprint density at radius 1 is 0.724 bits per heavy atom. The normalized spacial score (nSPS) is 10.9. The van der Waals surface area contributed by atoms with Gasteiger partial charge in [-0.15, -0.1) is 0 Å². The molecule has 0 spiro atoms. The van der Waals surface area contributed by atoms with E-state index in [2.05, 4.69) is 40.6 Å². The highest BCUT2D eigenvalue weighted by Crippen LogP contribution is 2.31. The average Bonchev–Trinajstić information content (AvgIpc) is 2.78. The average molecular weight is 374 g/mol. The van der Waals surface area contributed by atoms with E-state index >= 15 is 0 Å². The number of nitrogens with zero attached hydrogens (tertiary/aromatic N) is 1. The fourth-order valence-electron chi connectivity index (χ4n) is 3.68. The van der Waals surface area contributed by atoms with E-state index in [9.17, 15) is 4.79 Å². The summed E-state index contributed by atoms with van der Waals surface area (Å²) in [4.78, 5) is 17.4. The molecular weight excluding hydrogens is 356 g/mol. The number of amides is 1. The van der Waals surface area contributed by atoms with Crippen LogP contribution in [0.1, 0.15) is 10.4 Å². The number of aromatic nitrogens is 1. The first-order chi connectivity index (χ1) is 14.3. The molecule has 0 atom stereocenters. The van der Waals surface area contributed by atoms with Gasteiger partial charge in [-0.1, -0.05) is 72.8 Å². The number of carbonyl (C=O) groups is 1.